The number of hydrogen-bond acceptors (Lipinski definition) is 4. The summed E-state index contributed by atoms with van der Waals surface area (Å²) in [6, 6.07) is 16.6. The third-order valence-electron chi connectivity index (χ3n) is 7.92. The van der Waals surface area contributed by atoms with Crippen LogP contribution in [0.5, 0.6) is 0 Å². The third-order valence-corrected chi connectivity index (χ3v) is 7.92. The van der Waals surface area contributed by atoms with Gasteiger partial charge in [0.05, 0.1) is 6.54 Å². The van der Waals surface area contributed by atoms with Gasteiger partial charge in [-0.3, -0.25) is 19.4 Å². The zero-order valence-corrected chi connectivity index (χ0v) is 24.3. The molecule has 6 nitrogen and oxygen atoms in total. The summed E-state index contributed by atoms with van der Waals surface area (Å²) in [5, 5.41) is 5.81. The number of nitrogens with zero attached hydrogens (tertiary/aromatic N) is 2. The molecule has 1 atom stereocenters. The smallest absolute Gasteiger partial charge is 0.238 e. The summed E-state index contributed by atoms with van der Waals surface area (Å²) in [4.78, 5) is 30.1. The Morgan fingerprint density at radius 1 is 0.902 bits per heavy atom. The summed E-state index contributed by atoms with van der Waals surface area (Å²) in [7, 11) is 1.62. The van der Waals surface area contributed by atoms with Crippen molar-refractivity contribution in [2.75, 3.05) is 45.1 Å². The summed E-state index contributed by atoms with van der Waals surface area (Å²) in [5.74, 6) is -0.820. The molecule has 3 aromatic rings. The Morgan fingerprint density at radius 2 is 1.46 bits per heavy atom. The summed E-state index contributed by atoms with van der Waals surface area (Å²) < 4.78 is 27.2. The molecule has 1 fully saturated rings. The van der Waals surface area contributed by atoms with Gasteiger partial charge in [-0.15, -0.1) is 0 Å². The van der Waals surface area contributed by atoms with Crippen molar-refractivity contribution in [1.82, 2.24) is 15.1 Å². The lowest BCUT2D eigenvalue weighted by molar-refractivity contribution is -0.130. The highest BCUT2D eigenvalue weighted by molar-refractivity contribution is 5.94. The van der Waals surface area contributed by atoms with Crippen molar-refractivity contribution in [3.63, 3.8) is 0 Å². The molecular formula is C33H40F2N4O2. The van der Waals surface area contributed by atoms with Crippen molar-refractivity contribution in [1.29, 1.82) is 0 Å². The standard InChI is InChI=1S/C33H40F2N4O2/c1-22-18-23(2)32(24(3)19-22)37-31(40)21-39-17-16-38(20-30(39)33(41)36-4)15-5-6-29(25-7-11-27(34)12-8-25)26-9-13-28(35)14-10-26/h7-14,18-19,29-30H,5-6,15-17,20-21H2,1-4H3,(H,36,41)(H,37,40). The van der Waals surface area contributed by atoms with Crippen LogP contribution in [0.15, 0.2) is 60.7 Å². The van der Waals surface area contributed by atoms with E-state index in [0.29, 0.717) is 13.1 Å². The summed E-state index contributed by atoms with van der Waals surface area (Å²) in [6.07, 6.45) is 1.63. The summed E-state index contributed by atoms with van der Waals surface area (Å²) in [5.41, 5.74) is 5.97. The van der Waals surface area contributed by atoms with Crippen LogP contribution in [-0.2, 0) is 9.59 Å². The van der Waals surface area contributed by atoms with Crippen LogP contribution in [-0.4, -0.2) is 67.4 Å². The predicted molar refractivity (Wildman–Crippen MR) is 159 cm³/mol. The maximum absolute atomic E-state index is 13.6. The predicted octanol–water partition coefficient (Wildman–Crippen LogP) is 5.17. The van der Waals surface area contributed by atoms with E-state index in [1.807, 2.05) is 37.8 Å². The zero-order valence-electron chi connectivity index (χ0n) is 24.3. The van der Waals surface area contributed by atoms with Gasteiger partial charge in [-0.25, -0.2) is 8.78 Å². The van der Waals surface area contributed by atoms with Gasteiger partial charge in [0.15, 0.2) is 0 Å². The molecule has 1 aliphatic rings. The van der Waals surface area contributed by atoms with Crippen LogP contribution in [0.3, 0.4) is 0 Å². The average molecular weight is 563 g/mol. The minimum absolute atomic E-state index is 0.00427. The quantitative estimate of drug-likeness (QED) is 0.358. The first-order chi connectivity index (χ1) is 19.6. The lowest BCUT2D eigenvalue weighted by Gasteiger charge is -2.40. The molecule has 41 heavy (non-hydrogen) atoms. The van der Waals surface area contributed by atoms with E-state index >= 15 is 0 Å². The van der Waals surface area contributed by atoms with E-state index in [0.717, 1.165) is 59.4 Å². The van der Waals surface area contributed by atoms with Gasteiger partial charge in [0.2, 0.25) is 11.8 Å². The zero-order chi connectivity index (χ0) is 29.5. The topological polar surface area (TPSA) is 64.7 Å². The van der Waals surface area contributed by atoms with Crippen molar-refractivity contribution in [2.45, 2.75) is 45.6 Å². The molecule has 3 aromatic carbocycles. The van der Waals surface area contributed by atoms with Gasteiger partial charge in [-0.05, 0) is 86.7 Å². The molecule has 2 N–H and O–H groups in total. The molecule has 8 heteroatoms. The Balaban J connectivity index is 1.37. The van der Waals surface area contributed by atoms with Crippen molar-refractivity contribution in [3.05, 3.63) is 100 Å². The molecule has 1 unspecified atom stereocenters. The first-order valence-electron chi connectivity index (χ1n) is 14.2. The number of anilines is 1. The number of carbonyl (C=O) groups excluding carboxylic acids is 2. The number of nitrogens with one attached hydrogen (secondary N) is 2. The Morgan fingerprint density at radius 3 is 2.00 bits per heavy atom. The molecule has 0 spiro atoms. The lowest BCUT2D eigenvalue weighted by Crippen LogP contribution is -2.60. The minimum atomic E-state index is -0.440. The van der Waals surface area contributed by atoms with E-state index in [1.165, 1.54) is 24.3 Å². The number of piperazine rings is 1. The molecule has 2 amide bonds. The Kier molecular flexibility index (Phi) is 10.2. The fraction of sp³-hybridized carbons (Fsp3) is 0.394. The summed E-state index contributed by atoms with van der Waals surface area (Å²) in [6.45, 7) is 8.76. The highest BCUT2D eigenvalue weighted by atomic mass is 19.1. The molecule has 0 radical (unpaired) electrons. The van der Waals surface area contributed by atoms with E-state index in [9.17, 15) is 18.4 Å². The summed E-state index contributed by atoms with van der Waals surface area (Å²) >= 11 is 0. The number of amides is 2. The largest absolute Gasteiger partial charge is 0.358 e. The van der Waals surface area contributed by atoms with E-state index in [4.69, 9.17) is 0 Å². The van der Waals surface area contributed by atoms with Crippen molar-refractivity contribution in [3.8, 4) is 0 Å². The Labute approximate surface area is 241 Å². The van der Waals surface area contributed by atoms with Gasteiger partial charge in [-0.1, -0.05) is 42.0 Å². The van der Waals surface area contributed by atoms with Gasteiger partial charge in [0.1, 0.15) is 17.7 Å². The van der Waals surface area contributed by atoms with Crippen molar-refractivity contribution >= 4 is 17.5 Å². The minimum Gasteiger partial charge on any atom is -0.358 e. The lowest BCUT2D eigenvalue weighted by atomic mass is 9.87. The fourth-order valence-corrected chi connectivity index (χ4v) is 5.86. The Hall–Kier alpha value is -3.62. The molecule has 0 saturated carbocycles. The van der Waals surface area contributed by atoms with Crippen LogP contribution in [0.25, 0.3) is 0 Å². The van der Waals surface area contributed by atoms with Gasteiger partial charge < -0.3 is 10.6 Å². The normalized spacial score (nSPS) is 16.1. The first kappa shape index (κ1) is 30.3. The molecule has 0 aliphatic carbocycles. The molecule has 218 valence electrons. The molecule has 0 bridgehead atoms. The highest BCUT2D eigenvalue weighted by Gasteiger charge is 2.33. The fourth-order valence-electron chi connectivity index (χ4n) is 5.86. The Bertz CT molecular complexity index is 1280. The van der Waals surface area contributed by atoms with Crippen LogP contribution >= 0.6 is 0 Å². The number of hydrogen-bond donors (Lipinski definition) is 2. The monoisotopic (exact) mass is 562 g/mol. The number of benzene rings is 3. The first-order valence-corrected chi connectivity index (χ1v) is 14.2. The van der Waals surface area contributed by atoms with Gasteiger partial charge in [-0.2, -0.15) is 0 Å². The molecule has 1 heterocycles. The SMILES string of the molecule is CNC(=O)C1CN(CCCC(c2ccc(F)cc2)c2ccc(F)cc2)CCN1CC(=O)Nc1c(C)cc(C)cc1C. The van der Waals surface area contributed by atoms with Crippen molar-refractivity contribution in [2.24, 2.45) is 0 Å². The number of rotatable bonds is 10. The van der Waals surface area contributed by atoms with E-state index in [-0.39, 0.29) is 35.9 Å². The van der Waals surface area contributed by atoms with Crippen LogP contribution in [0.1, 0.15) is 46.6 Å². The second-order valence-electron chi connectivity index (χ2n) is 11.0. The van der Waals surface area contributed by atoms with E-state index in [2.05, 4.69) is 15.5 Å². The van der Waals surface area contributed by atoms with Crippen LogP contribution in [0.2, 0.25) is 0 Å². The second kappa shape index (κ2) is 13.8. The van der Waals surface area contributed by atoms with Crippen LogP contribution in [0, 0.1) is 32.4 Å². The van der Waals surface area contributed by atoms with Crippen LogP contribution in [0.4, 0.5) is 14.5 Å². The van der Waals surface area contributed by atoms with Crippen LogP contribution < -0.4 is 10.6 Å². The van der Waals surface area contributed by atoms with E-state index in [1.54, 1.807) is 31.3 Å². The maximum atomic E-state index is 13.6. The average Bonchev–Trinajstić information content (AvgIpc) is 2.94. The highest BCUT2D eigenvalue weighted by Crippen LogP contribution is 2.30. The van der Waals surface area contributed by atoms with Crippen molar-refractivity contribution < 1.29 is 18.4 Å². The number of aryl methyl sites for hydroxylation is 3. The molecule has 4 rings (SSSR count). The number of carbonyl (C=O) groups is 2. The molecule has 0 aromatic heterocycles. The third kappa shape index (κ3) is 7.99. The molecular weight excluding hydrogens is 522 g/mol. The van der Waals surface area contributed by atoms with Gasteiger partial charge in [0.25, 0.3) is 0 Å². The van der Waals surface area contributed by atoms with Gasteiger partial charge in [0, 0.05) is 38.3 Å². The molecule has 1 saturated heterocycles. The number of halogens is 2. The molecule has 1 aliphatic heterocycles. The van der Waals surface area contributed by atoms with Gasteiger partial charge >= 0.3 is 0 Å². The van der Waals surface area contributed by atoms with E-state index < -0.39 is 6.04 Å². The maximum Gasteiger partial charge on any atom is 0.238 e. The second-order valence-corrected chi connectivity index (χ2v) is 11.0. The number of likely N-dealkylation sites (N-methyl/N-ethyl adjacent to an activating group) is 1.